The zero-order chi connectivity index (χ0) is 27.9. The Hall–Kier alpha value is -5.71. The number of benzene rings is 3. The van der Waals surface area contributed by atoms with Gasteiger partial charge < -0.3 is 16.4 Å². The minimum Gasteiger partial charge on any atom is -0.398 e. The summed E-state index contributed by atoms with van der Waals surface area (Å²) in [6, 6.07) is 15.5. The van der Waals surface area contributed by atoms with E-state index in [1.54, 1.807) is 42.5 Å². The van der Waals surface area contributed by atoms with Gasteiger partial charge in [0.1, 0.15) is 5.82 Å². The van der Waals surface area contributed by atoms with E-state index in [9.17, 15) is 18.9 Å². The van der Waals surface area contributed by atoms with Crippen LogP contribution in [0.5, 0.6) is 0 Å². The lowest BCUT2D eigenvalue weighted by Crippen LogP contribution is -2.22. The predicted octanol–water partition coefficient (Wildman–Crippen LogP) is 6.23. The number of nitroso groups, excluding NO2 is 1. The van der Waals surface area contributed by atoms with Crippen LogP contribution >= 0.6 is 0 Å². The highest BCUT2D eigenvalue weighted by atomic mass is 19.1. The third-order valence-electron chi connectivity index (χ3n) is 5.59. The normalized spacial score (nSPS) is 10.3. The molecule has 0 unspecified atom stereocenters. The molecule has 11 heteroatoms. The van der Waals surface area contributed by atoms with Crippen molar-refractivity contribution in [3.05, 3.63) is 109 Å². The van der Waals surface area contributed by atoms with Crippen LogP contribution < -0.4 is 21.3 Å². The Morgan fingerprint density at radius 3 is 2.54 bits per heavy atom. The van der Waals surface area contributed by atoms with Crippen LogP contribution in [0.2, 0.25) is 0 Å². The average Bonchev–Trinajstić information content (AvgIpc) is 2.94. The van der Waals surface area contributed by atoms with E-state index in [0.29, 0.717) is 40.2 Å². The van der Waals surface area contributed by atoms with E-state index in [1.807, 2.05) is 0 Å². The van der Waals surface area contributed by atoms with E-state index in [-0.39, 0.29) is 28.9 Å². The fraction of sp³-hybridized carbons (Fsp3) is 0. The molecule has 0 saturated carbocycles. The Morgan fingerprint density at radius 2 is 1.82 bits per heavy atom. The van der Waals surface area contributed by atoms with Crippen molar-refractivity contribution in [3.8, 4) is 11.1 Å². The standard InChI is InChI=1S/C28H22FN7O3/c1-3-26(38)36(4-2)21-7-5-6-19(13-21)32-27-25(35-39)15-31-28(34-27)33-20-10-11-24(30)23(14-20)22-12-18(29)9-8-17(22)16-37/h3-16H,1-2,30H2,(H2,31,32,33,34). The zero-order valence-electron chi connectivity index (χ0n) is 20.5. The summed E-state index contributed by atoms with van der Waals surface area (Å²) in [5.74, 6) is -0.670. The van der Waals surface area contributed by atoms with Crippen molar-refractivity contribution in [3.63, 3.8) is 0 Å². The number of carbonyl (C=O) groups excluding carboxylic acids is 2. The average molecular weight is 524 g/mol. The SMILES string of the molecule is C=CC(=O)N(C=C)c1cccc(Nc2nc(Nc3ccc(N)c(-c4cc(F)ccc4C=O)c3)ncc2N=O)c1. The maximum atomic E-state index is 13.9. The molecule has 194 valence electrons. The van der Waals surface area contributed by atoms with Crippen LogP contribution in [-0.4, -0.2) is 22.2 Å². The van der Waals surface area contributed by atoms with Gasteiger partial charge in [0, 0.05) is 34.4 Å². The highest BCUT2D eigenvalue weighted by Crippen LogP contribution is 2.33. The van der Waals surface area contributed by atoms with Crippen molar-refractivity contribution in [1.82, 2.24) is 9.97 Å². The van der Waals surface area contributed by atoms with Crippen molar-refractivity contribution in [2.45, 2.75) is 0 Å². The van der Waals surface area contributed by atoms with Crippen molar-refractivity contribution < 1.29 is 14.0 Å². The van der Waals surface area contributed by atoms with Gasteiger partial charge in [0.05, 0.1) is 11.9 Å². The van der Waals surface area contributed by atoms with Gasteiger partial charge in [-0.15, -0.1) is 4.91 Å². The lowest BCUT2D eigenvalue weighted by Gasteiger charge is -2.17. The van der Waals surface area contributed by atoms with Crippen LogP contribution in [-0.2, 0) is 4.79 Å². The van der Waals surface area contributed by atoms with Gasteiger partial charge in [-0.25, -0.2) is 9.37 Å². The number of nitrogens with one attached hydrogen (secondary N) is 2. The third-order valence-corrected chi connectivity index (χ3v) is 5.59. The summed E-state index contributed by atoms with van der Waals surface area (Å²) < 4.78 is 13.9. The second-order valence-corrected chi connectivity index (χ2v) is 8.07. The van der Waals surface area contributed by atoms with Crippen LogP contribution in [0.15, 0.2) is 97.5 Å². The molecule has 4 aromatic rings. The van der Waals surface area contributed by atoms with Crippen molar-refractivity contribution in [2.24, 2.45) is 5.18 Å². The first-order valence-electron chi connectivity index (χ1n) is 11.4. The highest BCUT2D eigenvalue weighted by molar-refractivity contribution is 6.02. The molecule has 0 saturated heterocycles. The molecular formula is C28H22FN7O3. The first kappa shape index (κ1) is 26.4. The van der Waals surface area contributed by atoms with Gasteiger partial charge in [-0.1, -0.05) is 19.2 Å². The number of hydrogen-bond donors (Lipinski definition) is 3. The van der Waals surface area contributed by atoms with Gasteiger partial charge in [-0.05, 0) is 71.4 Å². The summed E-state index contributed by atoms with van der Waals surface area (Å²) in [5, 5.41) is 9.00. The van der Waals surface area contributed by atoms with Gasteiger partial charge in [-0.2, -0.15) is 4.98 Å². The van der Waals surface area contributed by atoms with Crippen LogP contribution in [0.1, 0.15) is 10.4 Å². The zero-order valence-corrected chi connectivity index (χ0v) is 20.5. The molecule has 0 aliphatic heterocycles. The number of aldehydes is 1. The topological polar surface area (TPSA) is 143 Å². The maximum absolute atomic E-state index is 13.9. The first-order valence-corrected chi connectivity index (χ1v) is 11.4. The molecule has 0 aliphatic rings. The van der Waals surface area contributed by atoms with E-state index in [4.69, 9.17) is 5.73 Å². The van der Waals surface area contributed by atoms with Gasteiger partial charge in [0.25, 0.3) is 5.91 Å². The van der Waals surface area contributed by atoms with Gasteiger partial charge in [-0.3, -0.25) is 14.5 Å². The minimum absolute atomic E-state index is 0.0536. The molecule has 4 rings (SSSR count). The van der Waals surface area contributed by atoms with E-state index >= 15 is 0 Å². The number of rotatable bonds is 10. The van der Waals surface area contributed by atoms with Crippen molar-refractivity contribution in [1.29, 1.82) is 0 Å². The molecule has 0 fully saturated rings. The monoisotopic (exact) mass is 523 g/mol. The van der Waals surface area contributed by atoms with Crippen LogP contribution in [0, 0.1) is 10.7 Å². The van der Waals surface area contributed by atoms with E-state index in [2.05, 4.69) is 38.9 Å². The molecule has 0 bridgehead atoms. The molecule has 3 aromatic carbocycles. The van der Waals surface area contributed by atoms with Gasteiger partial charge in [0.2, 0.25) is 5.95 Å². The molecule has 0 radical (unpaired) electrons. The smallest absolute Gasteiger partial charge is 0.254 e. The summed E-state index contributed by atoms with van der Waals surface area (Å²) in [6.45, 7) is 7.14. The molecule has 1 amide bonds. The maximum Gasteiger partial charge on any atom is 0.254 e. The van der Waals surface area contributed by atoms with E-state index < -0.39 is 5.82 Å². The molecule has 39 heavy (non-hydrogen) atoms. The molecule has 1 aromatic heterocycles. The Kier molecular flexibility index (Phi) is 7.81. The van der Waals surface area contributed by atoms with Crippen molar-refractivity contribution in [2.75, 3.05) is 21.3 Å². The summed E-state index contributed by atoms with van der Waals surface area (Å²) in [5.41, 5.74) is 8.94. The summed E-state index contributed by atoms with van der Waals surface area (Å²) in [6.07, 6.45) is 4.38. The first-order chi connectivity index (χ1) is 18.9. The molecule has 0 atom stereocenters. The Balaban J connectivity index is 1.65. The number of nitrogens with zero attached hydrogens (tertiary/aromatic N) is 4. The second-order valence-electron chi connectivity index (χ2n) is 8.07. The van der Waals surface area contributed by atoms with Crippen molar-refractivity contribution >= 4 is 52.4 Å². The predicted molar refractivity (Wildman–Crippen MR) is 150 cm³/mol. The number of carbonyl (C=O) groups is 2. The number of amides is 1. The van der Waals surface area contributed by atoms with E-state index in [0.717, 1.165) is 6.08 Å². The summed E-state index contributed by atoms with van der Waals surface area (Å²) in [4.78, 5) is 44.8. The summed E-state index contributed by atoms with van der Waals surface area (Å²) >= 11 is 0. The van der Waals surface area contributed by atoms with E-state index in [1.165, 1.54) is 35.5 Å². The quantitative estimate of drug-likeness (QED) is 0.0961. The Labute approximate surface area is 222 Å². The molecule has 0 aliphatic carbocycles. The fourth-order valence-corrected chi connectivity index (χ4v) is 3.75. The third kappa shape index (κ3) is 5.83. The molecule has 10 nitrogen and oxygen atoms in total. The second kappa shape index (κ2) is 11.6. The summed E-state index contributed by atoms with van der Waals surface area (Å²) in [7, 11) is 0. The lowest BCUT2D eigenvalue weighted by atomic mass is 9.98. The van der Waals surface area contributed by atoms with Gasteiger partial charge >= 0.3 is 0 Å². The number of hydrogen-bond acceptors (Lipinski definition) is 9. The lowest BCUT2D eigenvalue weighted by molar-refractivity contribution is -0.113. The van der Waals surface area contributed by atoms with Crippen LogP contribution in [0.4, 0.5) is 44.6 Å². The molecule has 0 spiro atoms. The number of nitrogen functional groups attached to an aromatic ring is 1. The molecular weight excluding hydrogens is 501 g/mol. The minimum atomic E-state index is -0.515. The molecule has 1 heterocycles. The number of halogens is 1. The largest absolute Gasteiger partial charge is 0.398 e. The van der Waals surface area contributed by atoms with Crippen LogP contribution in [0.25, 0.3) is 11.1 Å². The number of anilines is 6. The Morgan fingerprint density at radius 1 is 1.03 bits per heavy atom. The highest BCUT2D eigenvalue weighted by Gasteiger charge is 2.14. The Bertz CT molecular complexity index is 1610. The number of aromatic nitrogens is 2. The van der Waals surface area contributed by atoms with Crippen LogP contribution in [0.3, 0.4) is 0 Å². The number of nitrogens with two attached hydrogens (primary N) is 1. The molecule has 4 N–H and O–H groups in total. The van der Waals surface area contributed by atoms with Gasteiger partial charge in [0.15, 0.2) is 17.8 Å². The fourth-order valence-electron chi connectivity index (χ4n) is 3.75.